The minimum absolute atomic E-state index is 0.119. The molecular formula is C15H17F2NOS. The molecule has 1 aromatic rings. The van der Waals surface area contributed by atoms with E-state index >= 15 is 0 Å². The summed E-state index contributed by atoms with van der Waals surface area (Å²) in [6.07, 6.45) is 3.21. The minimum atomic E-state index is -1.68. The molecule has 4 atom stereocenters. The van der Waals surface area contributed by atoms with Crippen molar-refractivity contribution in [3.63, 3.8) is 0 Å². The van der Waals surface area contributed by atoms with Gasteiger partial charge in [-0.05, 0) is 43.4 Å². The lowest BCUT2D eigenvalue weighted by Gasteiger charge is -2.31. The predicted octanol–water partition coefficient (Wildman–Crippen LogP) is 3.79. The van der Waals surface area contributed by atoms with Gasteiger partial charge in [0.05, 0.1) is 32.9 Å². The maximum atomic E-state index is 13.7. The van der Waals surface area contributed by atoms with Crippen molar-refractivity contribution in [1.29, 1.82) is 5.26 Å². The highest BCUT2D eigenvalue weighted by Crippen LogP contribution is 2.36. The van der Waals surface area contributed by atoms with E-state index in [0.29, 0.717) is 18.8 Å². The highest BCUT2D eigenvalue weighted by atomic mass is 32.2. The zero-order valence-corrected chi connectivity index (χ0v) is 12.1. The fourth-order valence-electron chi connectivity index (χ4n) is 2.76. The Morgan fingerprint density at radius 1 is 1.40 bits per heavy atom. The summed E-state index contributed by atoms with van der Waals surface area (Å²) in [6, 6.07) is 5.15. The molecule has 0 bridgehead atoms. The maximum absolute atomic E-state index is 13.7. The van der Waals surface area contributed by atoms with Gasteiger partial charge in [-0.2, -0.15) is 5.26 Å². The molecule has 1 saturated carbocycles. The quantitative estimate of drug-likeness (QED) is 0.851. The van der Waals surface area contributed by atoms with E-state index in [-0.39, 0.29) is 10.8 Å². The van der Waals surface area contributed by atoms with Crippen molar-refractivity contribution in [3.8, 4) is 6.07 Å². The van der Waals surface area contributed by atoms with Crippen molar-refractivity contribution < 1.29 is 13.0 Å². The number of nitrogens with zero attached hydrogens (tertiary/aromatic N) is 1. The molecule has 4 unspecified atom stereocenters. The molecular weight excluding hydrogens is 280 g/mol. The molecule has 0 heterocycles. The van der Waals surface area contributed by atoms with Crippen LogP contribution in [0, 0.1) is 34.8 Å². The standard InChI is InChI=1S/C15H17F2NOS/c1-2-10-3-4-11(9-18)14(7-10)20(19)15-8-12(16)5-6-13(15)17/h5-6,8,10-11,14H,2-4,7H2,1H3. The van der Waals surface area contributed by atoms with Crippen molar-refractivity contribution in [2.45, 2.75) is 42.8 Å². The molecule has 0 saturated heterocycles. The second-order valence-electron chi connectivity index (χ2n) is 5.23. The van der Waals surface area contributed by atoms with Crippen LogP contribution in [0.15, 0.2) is 23.1 Å². The average molecular weight is 297 g/mol. The van der Waals surface area contributed by atoms with Crippen LogP contribution in [-0.2, 0) is 10.8 Å². The van der Waals surface area contributed by atoms with Crippen molar-refractivity contribution in [2.75, 3.05) is 0 Å². The third-order valence-corrected chi connectivity index (χ3v) is 5.85. The molecule has 0 spiro atoms. The van der Waals surface area contributed by atoms with Gasteiger partial charge in [0.25, 0.3) is 0 Å². The van der Waals surface area contributed by atoms with Gasteiger partial charge >= 0.3 is 0 Å². The number of hydrogen-bond acceptors (Lipinski definition) is 2. The van der Waals surface area contributed by atoms with E-state index < -0.39 is 27.7 Å². The molecule has 1 aliphatic rings. The van der Waals surface area contributed by atoms with Gasteiger partial charge in [0.15, 0.2) is 0 Å². The van der Waals surface area contributed by atoms with Gasteiger partial charge < -0.3 is 0 Å². The summed E-state index contributed by atoms with van der Waals surface area (Å²) in [5.74, 6) is -1.21. The van der Waals surface area contributed by atoms with Gasteiger partial charge in [0.1, 0.15) is 11.6 Å². The van der Waals surface area contributed by atoms with Gasteiger partial charge in [-0.3, -0.25) is 4.21 Å². The number of halogens is 2. The Hall–Kier alpha value is -1.28. The molecule has 0 aliphatic heterocycles. The van der Waals surface area contributed by atoms with Crippen LogP contribution in [0.3, 0.4) is 0 Å². The summed E-state index contributed by atoms with van der Waals surface area (Å²) < 4.78 is 39.5. The second kappa shape index (κ2) is 6.45. The van der Waals surface area contributed by atoms with Crippen molar-refractivity contribution in [2.24, 2.45) is 11.8 Å². The first-order valence-corrected chi connectivity index (χ1v) is 8.03. The van der Waals surface area contributed by atoms with Crippen molar-refractivity contribution >= 4 is 10.8 Å². The molecule has 1 aliphatic carbocycles. The van der Waals surface area contributed by atoms with Crippen LogP contribution in [0.2, 0.25) is 0 Å². The smallest absolute Gasteiger partial charge is 0.139 e. The molecule has 20 heavy (non-hydrogen) atoms. The summed E-state index contributed by atoms with van der Waals surface area (Å²) in [4.78, 5) is -0.119. The normalized spacial score (nSPS) is 27.8. The van der Waals surface area contributed by atoms with Crippen LogP contribution in [0.5, 0.6) is 0 Å². The number of benzene rings is 1. The first kappa shape index (κ1) is 15.1. The SMILES string of the molecule is CCC1CCC(C#N)C(S(=O)c2cc(F)ccc2F)C1. The highest BCUT2D eigenvalue weighted by molar-refractivity contribution is 7.85. The zero-order valence-electron chi connectivity index (χ0n) is 11.3. The Labute approximate surface area is 120 Å². The topological polar surface area (TPSA) is 40.9 Å². The number of rotatable bonds is 3. The predicted molar refractivity (Wildman–Crippen MR) is 73.3 cm³/mol. The Bertz CT molecular complexity index is 555. The lowest BCUT2D eigenvalue weighted by atomic mass is 9.81. The van der Waals surface area contributed by atoms with Gasteiger partial charge in [-0.15, -0.1) is 0 Å². The number of hydrogen-bond donors (Lipinski definition) is 0. The average Bonchev–Trinajstić information content (AvgIpc) is 2.48. The minimum Gasteiger partial charge on any atom is -0.254 e. The van der Waals surface area contributed by atoms with Crippen LogP contribution in [0.25, 0.3) is 0 Å². The molecule has 0 N–H and O–H groups in total. The molecule has 2 nitrogen and oxygen atoms in total. The summed E-state index contributed by atoms with van der Waals surface area (Å²) in [7, 11) is -1.68. The third-order valence-electron chi connectivity index (χ3n) is 4.03. The fraction of sp³-hybridized carbons (Fsp3) is 0.533. The van der Waals surface area contributed by atoms with Crippen LogP contribution < -0.4 is 0 Å². The zero-order chi connectivity index (χ0) is 14.7. The summed E-state index contributed by atoms with van der Waals surface area (Å²) >= 11 is 0. The van der Waals surface area contributed by atoms with Crippen LogP contribution in [-0.4, -0.2) is 9.46 Å². The monoisotopic (exact) mass is 297 g/mol. The molecule has 108 valence electrons. The van der Waals surface area contributed by atoms with Crippen molar-refractivity contribution in [3.05, 3.63) is 29.8 Å². The van der Waals surface area contributed by atoms with E-state index in [4.69, 9.17) is 0 Å². The van der Waals surface area contributed by atoms with Gasteiger partial charge in [0.2, 0.25) is 0 Å². The van der Waals surface area contributed by atoms with Crippen LogP contribution >= 0.6 is 0 Å². The van der Waals surface area contributed by atoms with E-state index in [1.807, 2.05) is 0 Å². The summed E-state index contributed by atoms with van der Waals surface area (Å²) in [5.41, 5.74) is 0. The van der Waals surface area contributed by atoms with E-state index in [1.54, 1.807) is 0 Å². The van der Waals surface area contributed by atoms with E-state index in [2.05, 4.69) is 13.0 Å². The van der Waals surface area contributed by atoms with Gasteiger partial charge in [-0.25, -0.2) is 8.78 Å². The Kier molecular flexibility index (Phi) is 4.87. The molecule has 1 aromatic carbocycles. The lowest BCUT2D eigenvalue weighted by molar-refractivity contribution is 0.313. The maximum Gasteiger partial charge on any atom is 0.139 e. The Balaban J connectivity index is 2.29. The Morgan fingerprint density at radius 3 is 2.80 bits per heavy atom. The third kappa shape index (κ3) is 3.06. The molecule has 0 aromatic heterocycles. The molecule has 0 radical (unpaired) electrons. The molecule has 5 heteroatoms. The highest BCUT2D eigenvalue weighted by Gasteiger charge is 2.35. The largest absolute Gasteiger partial charge is 0.254 e. The molecule has 1 fully saturated rings. The molecule has 2 rings (SSSR count). The summed E-state index contributed by atoms with van der Waals surface area (Å²) in [6.45, 7) is 2.06. The Morgan fingerprint density at radius 2 is 2.15 bits per heavy atom. The molecule has 0 amide bonds. The first-order chi connectivity index (χ1) is 9.56. The van der Waals surface area contributed by atoms with E-state index in [1.165, 1.54) is 0 Å². The summed E-state index contributed by atoms with van der Waals surface area (Å²) in [5, 5.41) is 8.78. The van der Waals surface area contributed by atoms with Crippen molar-refractivity contribution in [1.82, 2.24) is 0 Å². The lowest BCUT2D eigenvalue weighted by Crippen LogP contribution is -2.32. The number of nitriles is 1. The van der Waals surface area contributed by atoms with E-state index in [9.17, 15) is 18.3 Å². The van der Waals surface area contributed by atoms with Crippen LogP contribution in [0.1, 0.15) is 32.6 Å². The van der Waals surface area contributed by atoms with E-state index in [0.717, 1.165) is 31.0 Å². The second-order valence-corrected chi connectivity index (χ2v) is 6.87. The van der Waals surface area contributed by atoms with Gasteiger partial charge in [-0.1, -0.05) is 13.3 Å². The van der Waals surface area contributed by atoms with Gasteiger partial charge in [0, 0.05) is 0 Å². The van der Waals surface area contributed by atoms with Crippen LogP contribution in [0.4, 0.5) is 8.78 Å². The first-order valence-electron chi connectivity index (χ1n) is 6.82. The fourth-order valence-corrected chi connectivity index (χ4v) is 4.52.